The Labute approximate surface area is 136 Å². The SMILES string of the molecule is CCCCc1cc2ccccc2n1C(=O)NCc1ccccc1. The van der Waals surface area contributed by atoms with Crippen molar-refractivity contribution in [3.8, 4) is 0 Å². The van der Waals surface area contributed by atoms with Gasteiger partial charge in [-0.1, -0.05) is 61.9 Å². The highest BCUT2D eigenvalue weighted by Crippen LogP contribution is 2.21. The number of carbonyl (C=O) groups is 1. The number of nitrogens with one attached hydrogen (secondary N) is 1. The van der Waals surface area contributed by atoms with Gasteiger partial charge in [-0.15, -0.1) is 0 Å². The first-order valence-corrected chi connectivity index (χ1v) is 8.21. The van der Waals surface area contributed by atoms with Crippen LogP contribution in [0, 0.1) is 0 Å². The van der Waals surface area contributed by atoms with Crippen molar-refractivity contribution in [1.82, 2.24) is 9.88 Å². The van der Waals surface area contributed by atoms with Gasteiger partial charge >= 0.3 is 6.03 Å². The van der Waals surface area contributed by atoms with Crippen molar-refractivity contribution in [1.29, 1.82) is 0 Å². The molecule has 0 aliphatic heterocycles. The number of hydrogen-bond acceptors (Lipinski definition) is 1. The Bertz CT molecular complexity index is 790. The van der Waals surface area contributed by atoms with Gasteiger partial charge in [-0.05, 0) is 30.5 Å². The van der Waals surface area contributed by atoms with Crippen molar-refractivity contribution in [3.05, 3.63) is 71.9 Å². The van der Waals surface area contributed by atoms with Crippen LogP contribution in [0.25, 0.3) is 10.9 Å². The summed E-state index contributed by atoms with van der Waals surface area (Å²) in [6.45, 7) is 2.71. The fourth-order valence-electron chi connectivity index (χ4n) is 2.85. The third-order valence-electron chi connectivity index (χ3n) is 4.06. The van der Waals surface area contributed by atoms with Crippen molar-refractivity contribution in [2.24, 2.45) is 0 Å². The molecule has 0 radical (unpaired) electrons. The lowest BCUT2D eigenvalue weighted by Gasteiger charge is -2.11. The Morgan fingerprint density at radius 3 is 2.57 bits per heavy atom. The van der Waals surface area contributed by atoms with Gasteiger partial charge in [-0.3, -0.25) is 4.57 Å². The normalized spacial score (nSPS) is 10.8. The second-order valence-corrected chi connectivity index (χ2v) is 5.78. The molecule has 1 amide bonds. The average molecular weight is 306 g/mol. The first-order valence-electron chi connectivity index (χ1n) is 8.21. The lowest BCUT2D eigenvalue weighted by Crippen LogP contribution is -2.29. The van der Waals surface area contributed by atoms with E-state index in [1.165, 1.54) is 0 Å². The van der Waals surface area contributed by atoms with Gasteiger partial charge < -0.3 is 5.32 Å². The van der Waals surface area contributed by atoms with E-state index >= 15 is 0 Å². The predicted molar refractivity (Wildman–Crippen MR) is 94.6 cm³/mol. The number of aromatic nitrogens is 1. The second-order valence-electron chi connectivity index (χ2n) is 5.78. The summed E-state index contributed by atoms with van der Waals surface area (Å²) in [5.41, 5.74) is 3.16. The number of fused-ring (bicyclic) bond motifs is 1. The number of benzene rings is 2. The van der Waals surface area contributed by atoms with Crippen LogP contribution in [0.4, 0.5) is 4.79 Å². The highest BCUT2D eigenvalue weighted by atomic mass is 16.2. The summed E-state index contributed by atoms with van der Waals surface area (Å²) in [6, 6.07) is 20.1. The van der Waals surface area contributed by atoms with Gasteiger partial charge in [0.05, 0.1) is 5.52 Å². The Morgan fingerprint density at radius 2 is 1.78 bits per heavy atom. The average Bonchev–Trinajstić information content (AvgIpc) is 2.97. The Kier molecular flexibility index (Phi) is 4.77. The summed E-state index contributed by atoms with van der Waals surface area (Å²) in [4.78, 5) is 12.7. The van der Waals surface area contributed by atoms with E-state index in [1.54, 1.807) is 0 Å². The third-order valence-corrected chi connectivity index (χ3v) is 4.06. The molecule has 0 saturated carbocycles. The molecule has 0 bridgehead atoms. The lowest BCUT2D eigenvalue weighted by molar-refractivity contribution is 0.242. The number of carbonyl (C=O) groups excluding carboxylic acids is 1. The van der Waals surface area contributed by atoms with E-state index in [1.807, 2.05) is 53.1 Å². The van der Waals surface area contributed by atoms with Gasteiger partial charge in [-0.2, -0.15) is 0 Å². The topological polar surface area (TPSA) is 34.0 Å². The predicted octanol–water partition coefficient (Wildman–Crippen LogP) is 4.74. The molecular formula is C20H22N2O. The molecule has 3 rings (SSSR count). The van der Waals surface area contributed by atoms with E-state index in [2.05, 4.69) is 24.4 Å². The minimum Gasteiger partial charge on any atom is -0.333 e. The molecule has 0 fully saturated rings. The van der Waals surface area contributed by atoms with E-state index in [4.69, 9.17) is 0 Å². The van der Waals surface area contributed by atoms with E-state index < -0.39 is 0 Å². The minimum atomic E-state index is -0.0545. The van der Waals surface area contributed by atoms with Crippen LogP contribution in [-0.2, 0) is 13.0 Å². The minimum absolute atomic E-state index is 0.0545. The monoisotopic (exact) mass is 306 g/mol. The van der Waals surface area contributed by atoms with Crippen LogP contribution in [0.1, 0.15) is 31.0 Å². The molecule has 1 heterocycles. The molecule has 1 aromatic heterocycles. The summed E-state index contributed by atoms with van der Waals surface area (Å²) in [5.74, 6) is 0. The standard InChI is InChI=1S/C20H22N2O/c1-2-3-12-18-14-17-11-7-8-13-19(17)22(18)20(23)21-15-16-9-5-4-6-10-16/h4-11,13-14H,2-3,12,15H2,1H3,(H,21,23). The Morgan fingerprint density at radius 1 is 1.04 bits per heavy atom. The van der Waals surface area contributed by atoms with Gasteiger partial charge in [0.15, 0.2) is 0 Å². The maximum atomic E-state index is 12.7. The number of nitrogens with zero attached hydrogens (tertiary/aromatic N) is 1. The number of aryl methyl sites for hydroxylation is 1. The molecule has 23 heavy (non-hydrogen) atoms. The molecule has 2 aromatic carbocycles. The van der Waals surface area contributed by atoms with Crippen LogP contribution < -0.4 is 5.32 Å². The van der Waals surface area contributed by atoms with Crippen LogP contribution in [0.2, 0.25) is 0 Å². The zero-order valence-corrected chi connectivity index (χ0v) is 13.5. The molecule has 0 unspecified atom stereocenters. The highest BCUT2D eigenvalue weighted by Gasteiger charge is 2.14. The number of rotatable bonds is 5. The van der Waals surface area contributed by atoms with Gasteiger partial charge in [0, 0.05) is 17.6 Å². The zero-order chi connectivity index (χ0) is 16.1. The quantitative estimate of drug-likeness (QED) is 0.725. The van der Waals surface area contributed by atoms with Gasteiger partial charge in [0.2, 0.25) is 0 Å². The van der Waals surface area contributed by atoms with Crippen LogP contribution in [0.15, 0.2) is 60.7 Å². The zero-order valence-electron chi connectivity index (χ0n) is 13.5. The maximum Gasteiger partial charge on any atom is 0.326 e. The van der Waals surface area contributed by atoms with E-state index in [0.717, 1.165) is 41.4 Å². The fraction of sp³-hybridized carbons (Fsp3) is 0.250. The molecule has 118 valence electrons. The van der Waals surface area contributed by atoms with Crippen molar-refractivity contribution in [2.45, 2.75) is 32.7 Å². The molecule has 0 spiro atoms. The molecule has 0 aliphatic rings. The molecule has 0 aliphatic carbocycles. The number of amides is 1. The summed E-state index contributed by atoms with van der Waals surface area (Å²) >= 11 is 0. The molecule has 3 aromatic rings. The van der Waals surface area contributed by atoms with E-state index in [-0.39, 0.29) is 6.03 Å². The van der Waals surface area contributed by atoms with E-state index in [9.17, 15) is 4.79 Å². The molecular weight excluding hydrogens is 284 g/mol. The number of unbranched alkanes of at least 4 members (excludes halogenated alkanes) is 1. The maximum absolute atomic E-state index is 12.7. The van der Waals surface area contributed by atoms with Crippen molar-refractivity contribution in [2.75, 3.05) is 0 Å². The molecule has 0 saturated heterocycles. The van der Waals surface area contributed by atoms with Crippen LogP contribution in [0.5, 0.6) is 0 Å². The molecule has 3 heteroatoms. The smallest absolute Gasteiger partial charge is 0.326 e. The Balaban J connectivity index is 1.85. The summed E-state index contributed by atoms with van der Waals surface area (Å²) in [5, 5.41) is 4.15. The van der Waals surface area contributed by atoms with Crippen molar-refractivity contribution in [3.63, 3.8) is 0 Å². The van der Waals surface area contributed by atoms with Crippen molar-refractivity contribution >= 4 is 16.9 Å². The van der Waals surface area contributed by atoms with E-state index in [0.29, 0.717) is 6.54 Å². The number of hydrogen-bond donors (Lipinski definition) is 1. The lowest BCUT2D eigenvalue weighted by atomic mass is 10.2. The first-order chi connectivity index (χ1) is 11.3. The first kappa shape index (κ1) is 15.3. The number of para-hydroxylation sites is 1. The van der Waals surface area contributed by atoms with Crippen LogP contribution >= 0.6 is 0 Å². The van der Waals surface area contributed by atoms with Crippen LogP contribution in [0.3, 0.4) is 0 Å². The summed E-state index contributed by atoms with van der Waals surface area (Å²) in [6.07, 6.45) is 3.12. The fourth-order valence-corrected chi connectivity index (χ4v) is 2.85. The summed E-state index contributed by atoms with van der Waals surface area (Å²) < 4.78 is 1.83. The molecule has 0 atom stereocenters. The molecule has 3 nitrogen and oxygen atoms in total. The van der Waals surface area contributed by atoms with Crippen molar-refractivity contribution < 1.29 is 4.79 Å². The molecule has 1 N–H and O–H groups in total. The van der Waals surface area contributed by atoms with Gasteiger partial charge in [0.25, 0.3) is 0 Å². The Hall–Kier alpha value is -2.55. The third kappa shape index (κ3) is 3.45. The van der Waals surface area contributed by atoms with Gasteiger partial charge in [0.1, 0.15) is 0 Å². The largest absolute Gasteiger partial charge is 0.333 e. The highest BCUT2D eigenvalue weighted by molar-refractivity contribution is 5.92. The van der Waals surface area contributed by atoms with Crippen LogP contribution in [-0.4, -0.2) is 10.6 Å². The van der Waals surface area contributed by atoms with Gasteiger partial charge in [-0.25, -0.2) is 4.79 Å². The second kappa shape index (κ2) is 7.14. The summed E-state index contributed by atoms with van der Waals surface area (Å²) in [7, 11) is 0.